The Morgan fingerprint density at radius 2 is 2.15 bits per heavy atom. The minimum Gasteiger partial charge on any atom is -0.399 e. The zero-order chi connectivity index (χ0) is 13.9. The SMILES string of the molecule is Nc1ccc2cnn(CC(=O)NC3CCCCC3)c2c1. The van der Waals surface area contributed by atoms with Crippen molar-refractivity contribution in [3.63, 3.8) is 0 Å². The zero-order valence-corrected chi connectivity index (χ0v) is 11.5. The Kier molecular flexibility index (Phi) is 3.58. The fourth-order valence-corrected chi connectivity index (χ4v) is 2.87. The Labute approximate surface area is 118 Å². The lowest BCUT2D eigenvalue weighted by atomic mass is 9.95. The molecule has 0 atom stereocenters. The molecule has 1 aromatic carbocycles. The number of nitrogen functional groups attached to an aromatic ring is 1. The maximum absolute atomic E-state index is 12.1. The summed E-state index contributed by atoms with van der Waals surface area (Å²) >= 11 is 0. The van der Waals surface area contributed by atoms with Gasteiger partial charge in [0.2, 0.25) is 5.91 Å². The number of amides is 1. The molecule has 1 fully saturated rings. The third kappa shape index (κ3) is 2.76. The van der Waals surface area contributed by atoms with Crippen molar-refractivity contribution in [3.05, 3.63) is 24.4 Å². The van der Waals surface area contributed by atoms with Crippen LogP contribution in [0.25, 0.3) is 10.9 Å². The molecule has 0 bridgehead atoms. The Bertz CT molecular complexity index is 613. The number of anilines is 1. The summed E-state index contributed by atoms with van der Waals surface area (Å²) in [7, 11) is 0. The van der Waals surface area contributed by atoms with Crippen LogP contribution >= 0.6 is 0 Å². The molecule has 1 aliphatic rings. The third-order valence-corrected chi connectivity index (χ3v) is 3.93. The van der Waals surface area contributed by atoms with Crippen LogP contribution in [0.15, 0.2) is 24.4 Å². The highest BCUT2D eigenvalue weighted by molar-refractivity contribution is 5.84. The lowest BCUT2D eigenvalue weighted by Gasteiger charge is -2.22. The van der Waals surface area contributed by atoms with Gasteiger partial charge in [-0.3, -0.25) is 9.48 Å². The molecule has 0 saturated heterocycles. The van der Waals surface area contributed by atoms with Gasteiger partial charge < -0.3 is 11.1 Å². The molecular formula is C15H20N4O. The largest absolute Gasteiger partial charge is 0.399 e. The van der Waals surface area contributed by atoms with Gasteiger partial charge in [0.15, 0.2) is 0 Å². The van der Waals surface area contributed by atoms with Crippen molar-refractivity contribution >= 4 is 22.5 Å². The first-order chi connectivity index (χ1) is 9.72. The predicted octanol–water partition coefficient (Wildman–Crippen LogP) is 2.07. The van der Waals surface area contributed by atoms with Crippen molar-refractivity contribution in [1.82, 2.24) is 15.1 Å². The minimum absolute atomic E-state index is 0.0318. The Morgan fingerprint density at radius 1 is 1.35 bits per heavy atom. The molecule has 5 heteroatoms. The summed E-state index contributed by atoms with van der Waals surface area (Å²) in [5.41, 5.74) is 7.38. The molecule has 0 aliphatic heterocycles. The van der Waals surface area contributed by atoms with Gasteiger partial charge in [0, 0.05) is 17.1 Å². The van der Waals surface area contributed by atoms with Gasteiger partial charge in [0.1, 0.15) is 6.54 Å². The quantitative estimate of drug-likeness (QED) is 0.840. The van der Waals surface area contributed by atoms with Crippen LogP contribution in [0.3, 0.4) is 0 Å². The van der Waals surface area contributed by atoms with Crippen molar-refractivity contribution < 1.29 is 4.79 Å². The second kappa shape index (κ2) is 5.53. The van der Waals surface area contributed by atoms with Crippen molar-refractivity contribution in [2.24, 2.45) is 0 Å². The van der Waals surface area contributed by atoms with E-state index in [0.717, 1.165) is 23.7 Å². The van der Waals surface area contributed by atoms with E-state index in [4.69, 9.17) is 5.73 Å². The van der Waals surface area contributed by atoms with Crippen molar-refractivity contribution in [2.75, 3.05) is 5.73 Å². The van der Waals surface area contributed by atoms with E-state index in [0.29, 0.717) is 11.7 Å². The van der Waals surface area contributed by atoms with Gasteiger partial charge in [-0.25, -0.2) is 0 Å². The first-order valence-corrected chi connectivity index (χ1v) is 7.23. The summed E-state index contributed by atoms with van der Waals surface area (Å²) in [6, 6.07) is 5.96. The third-order valence-electron chi connectivity index (χ3n) is 3.93. The molecule has 1 aromatic heterocycles. The van der Waals surface area contributed by atoms with E-state index in [1.807, 2.05) is 18.2 Å². The van der Waals surface area contributed by atoms with Crippen LogP contribution in [0.4, 0.5) is 5.69 Å². The van der Waals surface area contributed by atoms with Gasteiger partial charge in [-0.15, -0.1) is 0 Å². The maximum Gasteiger partial charge on any atom is 0.241 e. The van der Waals surface area contributed by atoms with E-state index in [9.17, 15) is 4.79 Å². The highest BCUT2D eigenvalue weighted by Gasteiger charge is 2.16. The van der Waals surface area contributed by atoms with Crippen LogP contribution in [-0.4, -0.2) is 21.7 Å². The number of fused-ring (bicyclic) bond motifs is 1. The second-order valence-electron chi connectivity index (χ2n) is 5.52. The van der Waals surface area contributed by atoms with Gasteiger partial charge in [0.25, 0.3) is 0 Å². The van der Waals surface area contributed by atoms with Crippen LogP contribution in [0.1, 0.15) is 32.1 Å². The lowest BCUT2D eigenvalue weighted by molar-refractivity contribution is -0.122. The van der Waals surface area contributed by atoms with E-state index in [2.05, 4.69) is 10.4 Å². The van der Waals surface area contributed by atoms with E-state index in [1.54, 1.807) is 10.9 Å². The molecule has 5 nitrogen and oxygen atoms in total. The van der Waals surface area contributed by atoms with Crippen LogP contribution in [0.5, 0.6) is 0 Å². The average Bonchev–Trinajstić information content (AvgIpc) is 2.82. The van der Waals surface area contributed by atoms with E-state index in [-0.39, 0.29) is 12.5 Å². The van der Waals surface area contributed by atoms with Crippen molar-refractivity contribution in [2.45, 2.75) is 44.7 Å². The summed E-state index contributed by atoms with van der Waals surface area (Å²) in [6.45, 7) is 0.253. The van der Waals surface area contributed by atoms with Crippen LogP contribution < -0.4 is 11.1 Å². The number of hydrogen-bond acceptors (Lipinski definition) is 3. The molecule has 106 valence electrons. The number of aromatic nitrogens is 2. The molecule has 2 aromatic rings. The Hall–Kier alpha value is -2.04. The molecule has 0 radical (unpaired) electrons. The van der Waals surface area contributed by atoms with Gasteiger partial charge in [-0.2, -0.15) is 5.10 Å². The topological polar surface area (TPSA) is 72.9 Å². The molecule has 3 N–H and O–H groups in total. The predicted molar refractivity (Wildman–Crippen MR) is 79.2 cm³/mol. The number of rotatable bonds is 3. The summed E-state index contributed by atoms with van der Waals surface area (Å²) in [5.74, 6) is 0.0318. The molecule has 1 amide bonds. The molecule has 20 heavy (non-hydrogen) atoms. The highest BCUT2D eigenvalue weighted by Crippen LogP contribution is 2.18. The molecule has 3 rings (SSSR count). The maximum atomic E-state index is 12.1. The number of carbonyl (C=O) groups is 1. The molecule has 0 unspecified atom stereocenters. The number of hydrogen-bond donors (Lipinski definition) is 2. The minimum atomic E-state index is 0.0318. The number of nitrogens with one attached hydrogen (secondary N) is 1. The van der Waals surface area contributed by atoms with Crippen molar-refractivity contribution in [1.29, 1.82) is 0 Å². The normalized spacial score (nSPS) is 16.4. The van der Waals surface area contributed by atoms with Gasteiger partial charge in [-0.1, -0.05) is 19.3 Å². The van der Waals surface area contributed by atoms with E-state index >= 15 is 0 Å². The highest BCUT2D eigenvalue weighted by atomic mass is 16.2. The van der Waals surface area contributed by atoms with Gasteiger partial charge in [0.05, 0.1) is 11.7 Å². The second-order valence-corrected chi connectivity index (χ2v) is 5.52. The number of nitrogens with zero attached hydrogens (tertiary/aromatic N) is 2. The van der Waals surface area contributed by atoms with E-state index < -0.39 is 0 Å². The first kappa shape index (κ1) is 13.0. The van der Waals surface area contributed by atoms with Crippen LogP contribution in [-0.2, 0) is 11.3 Å². The summed E-state index contributed by atoms with van der Waals surface area (Å²) in [6.07, 6.45) is 7.67. The Balaban J connectivity index is 1.69. The molecule has 1 saturated carbocycles. The fourth-order valence-electron chi connectivity index (χ4n) is 2.87. The number of nitrogens with two attached hydrogens (primary N) is 1. The number of carbonyl (C=O) groups excluding carboxylic acids is 1. The molecule has 1 heterocycles. The summed E-state index contributed by atoms with van der Waals surface area (Å²) < 4.78 is 1.71. The Morgan fingerprint density at radius 3 is 2.95 bits per heavy atom. The van der Waals surface area contributed by atoms with Gasteiger partial charge in [-0.05, 0) is 31.0 Å². The fraction of sp³-hybridized carbons (Fsp3) is 0.467. The molecule has 0 spiro atoms. The standard InChI is InChI=1S/C15H20N4O/c16-12-7-6-11-9-17-19(14(11)8-12)10-15(20)18-13-4-2-1-3-5-13/h6-9,13H,1-5,10,16H2,(H,18,20). The van der Waals surface area contributed by atoms with E-state index in [1.165, 1.54) is 19.3 Å². The van der Waals surface area contributed by atoms with Crippen molar-refractivity contribution in [3.8, 4) is 0 Å². The smallest absolute Gasteiger partial charge is 0.241 e. The van der Waals surface area contributed by atoms with Crippen LogP contribution in [0, 0.1) is 0 Å². The first-order valence-electron chi connectivity index (χ1n) is 7.23. The molecule has 1 aliphatic carbocycles. The van der Waals surface area contributed by atoms with Crippen LogP contribution in [0.2, 0.25) is 0 Å². The van der Waals surface area contributed by atoms with Gasteiger partial charge >= 0.3 is 0 Å². The zero-order valence-electron chi connectivity index (χ0n) is 11.5. The number of benzene rings is 1. The monoisotopic (exact) mass is 272 g/mol. The molecular weight excluding hydrogens is 252 g/mol. The summed E-state index contributed by atoms with van der Waals surface area (Å²) in [4.78, 5) is 12.1. The summed E-state index contributed by atoms with van der Waals surface area (Å²) in [5, 5.41) is 8.38. The lowest BCUT2D eigenvalue weighted by Crippen LogP contribution is -2.38. The average molecular weight is 272 g/mol.